The van der Waals surface area contributed by atoms with Crippen LogP contribution in [-0.2, 0) is 9.59 Å². The zero-order valence-corrected chi connectivity index (χ0v) is 9.69. The molecule has 15 heavy (non-hydrogen) atoms. The van der Waals surface area contributed by atoms with Crippen LogP contribution in [0, 0.1) is 17.8 Å². The molecule has 3 nitrogen and oxygen atoms in total. The maximum absolute atomic E-state index is 12.1. The summed E-state index contributed by atoms with van der Waals surface area (Å²) >= 11 is 0. The van der Waals surface area contributed by atoms with Crippen molar-refractivity contribution in [1.29, 1.82) is 0 Å². The lowest BCUT2D eigenvalue weighted by Crippen LogP contribution is -2.38. The van der Waals surface area contributed by atoms with E-state index in [0.29, 0.717) is 5.92 Å². The van der Waals surface area contributed by atoms with E-state index in [-0.39, 0.29) is 29.7 Å². The summed E-state index contributed by atoms with van der Waals surface area (Å²) in [6.07, 6.45) is 3.47. The Hall–Kier alpha value is -0.860. The molecular weight excluding hydrogens is 190 g/mol. The van der Waals surface area contributed by atoms with Gasteiger partial charge in [0.15, 0.2) is 0 Å². The molecule has 1 saturated heterocycles. The second-order valence-electron chi connectivity index (χ2n) is 5.15. The number of hydrogen-bond acceptors (Lipinski definition) is 2. The predicted octanol–water partition coefficient (Wildman–Crippen LogP) is 1.82. The molecule has 1 aliphatic carbocycles. The van der Waals surface area contributed by atoms with Crippen molar-refractivity contribution in [3.63, 3.8) is 0 Å². The number of carbonyl (C=O) groups is 2. The number of rotatable bonds is 2. The molecule has 1 aliphatic heterocycles. The van der Waals surface area contributed by atoms with Gasteiger partial charge in [-0.25, -0.2) is 0 Å². The molecule has 2 aliphatic rings. The van der Waals surface area contributed by atoms with Gasteiger partial charge in [0.25, 0.3) is 0 Å². The Morgan fingerprint density at radius 3 is 2.13 bits per heavy atom. The maximum atomic E-state index is 12.1. The van der Waals surface area contributed by atoms with Crippen molar-refractivity contribution < 1.29 is 9.59 Å². The summed E-state index contributed by atoms with van der Waals surface area (Å²) in [5, 5.41) is 0. The molecule has 2 rings (SSSR count). The minimum atomic E-state index is -0.0924. The molecular formula is C12H19NO2. The van der Waals surface area contributed by atoms with Gasteiger partial charge in [0, 0.05) is 12.0 Å². The van der Waals surface area contributed by atoms with Crippen LogP contribution in [-0.4, -0.2) is 22.8 Å². The van der Waals surface area contributed by atoms with Gasteiger partial charge in [0.05, 0.1) is 5.92 Å². The number of nitrogens with zero attached hydrogens (tertiary/aromatic N) is 1. The molecule has 1 saturated carbocycles. The minimum Gasteiger partial charge on any atom is -0.280 e. The first kappa shape index (κ1) is 10.7. The predicted molar refractivity (Wildman–Crippen MR) is 57.0 cm³/mol. The van der Waals surface area contributed by atoms with E-state index in [1.807, 2.05) is 20.8 Å². The Bertz CT molecular complexity index is 294. The van der Waals surface area contributed by atoms with Crippen molar-refractivity contribution in [2.45, 2.75) is 46.1 Å². The van der Waals surface area contributed by atoms with Crippen molar-refractivity contribution >= 4 is 11.8 Å². The number of amides is 2. The van der Waals surface area contributed by atoms with Crippen LogP contribution in [0.1, 0.15) is 40.0 Å². The highest BCUT2D eigenvalue weighted by Crippen LogP contribution is 2.42. The average molecular weight is 209 g/mol. The number of likely N-dealkylation sites (tertiary alicyclic amines) is 1. The first-order valence-corrected chi connectivity index (χ1v) is 5.91. The van der Waals surface area contributed by atoms with Crippen LogP contribution in [0.2, 0.25) is 0 Å². The van der Waals surface area contributed by atoms with E-state index in [2.05, 4.69) is 0 Å². The van der Waals surface area contributed by atoms with E-state index in [9.17, 15) is 9.59 Å². The topological polar surface area (TPSA) is 37.4 Å². The Labute approximate surface area is 90.8 Å². The largest absolute Gasteiger partial charge is 0.280 e. The highest BCUT2D eigenvalue weighted by molar-refractivity contribution is 6.05. The first-order valence-electron chi connectivity index (χ1n) is 5.91. The molecule has 1 heterocycles. The van der Waals surface area contributed by atoms with Crippen LogP contribution in [0.25, 0.3) is 0 Å². The molecule has 0 bridgehead atoms. The van der Waals surface area contributed by atoms with Crippen LogP contribution >= 0.6 is 0 Å². The number of imide groups is 1. The smallest absolute Gasteiger partial charge is 0.233 e. The van der Waals surface area contributed by atoms with Crippen molar-refractivity contribution in [3.8, 4) is 0 Å². The van der Waals surface area contributed by atoms with Crippen molar-refractivity contribution in [1.82, 2.24) is 4.90 Å². The highest BCUT2D eigenvalue weighted by Gasteiger charge is 2.50. The lowest BCUT2D eigenvalue weighted by atomic mass is 9.72. The van der Waals surface area contributed by atoms with Crippen LogP contribution in [0.5, 0.6) is 0 Å². The number of hydrogen-bond donors (Lipinski definition) is 0. The first-order chi connectivity index (χ1) is 7.04. The lowest BCUT2D eigenvalue weighted by Gasteiger charge is -2.31. The van der Waals surface area contributed by atoms with Gasteiger partial charge in [0.2, 0.25) is 11.8 Å². The zero-order chi connectivity index (χ0) is 11.2. The second-order valence-corrected chi connectivity index (χ2v) is 5.15. The molecule has 0 spiro atoms. The molecule has 2 atom stereocenters. The summed E-state index contributed by atoms with van der Waals surface area (Å²) in [4.78, 5) is 25.5. The molecule has 0 aromatic rings. The molecule has 2 fully saturated rings. The Kier molecular flexibility index (Phi) is 2.57. The highest BCUT2D eigenvalue weighted by atomic mass is 16.2. The van der Waals surface area contributed by atoms with Gasteiger partial charge in [-0.05, 0) is 32.6 Å². The lowest BCUT2D eigenvalue weighted by molar-refractivity contribution is -0.142. The molecule has 0 radical (unpaired) electrons. The fourth-order valence-electron chi connectivity index (χ4n) is 2.77. The fraction of sp³-hybridized carbons (Fsp3) is 0.833. The van der Waals surface area contributed by atoms with E-state index in [1.165, 1.54) is 11.3 Å². The van der Waals surface area contributed by atoms with Gasteiger partial charge < -0.3 is 0 Å². The third kappa shape index (κ3) is 1.48. The van der Waals surface area contributed by atoms with Crippen LogP contribution in [0.3, 0.4) is 0 Å². The van der Waals surface area contributed by atoms with Gasteiger partial charge in [-0.1, -0.05) is 13.3 Å². The molecule has 84 valence electrons. The fourth-order valence-corrected chi connectivity index (χ4v) is 2.77. The zero-order valence-electron chi connectivity index (χ0n) is 9.69. The average Bonchev–Trinajstić information content (AvgIpc) is 2.27. The van der Waals surface area contributed by atoms with Crippen molar-refractivity contribution in [3.05, 3.63) is 0 Å². The Balaban J connectivity index is 2.20. The standard InChI is InChI=1S/C12H19NO2/c1-7(2)13-11(14)8(3)10(12(13)15)9-5-4-6-9/h7-10H,4-6H2,1-3H3. The van der Waals surface area contributed by atoms with Crippen LogP contribution < -0.4 is 0 Å². The van der Waals surface area contributed by atoms with Crippen LogP contribution in [0.4, 0.5) is 0 Å². The van der Waals surface area contributed by atoms with E-state index in [1.54, 1.807) is 0 Å². The summed E-state index contributed by atoms with van der Waals surface area (Å²) in [6, 6.07) is 0.0116. The van der Waals surface area contributed by atoms with Crippen molar-refractivity contribution in [2.75, 3.05) is 0 Å². The monoisotopic (exact) mass is 209 g/mol. The maximum Gasteiger partial charge on any atom is 0.233 e. The van der Waals surface area contributed by atoms with Crippen LogP contribution in [0.15, 0.2) is 0 Å². The Morgan fingerprint density at radius 1 is 1.20 bits per heavy atom. The second kappa shape index (κ2) is 3.62. The van der Waals surface area contributed by atoms with Gasteiger partial charge >= 0.3 is 0 Å². The van der Waals surface area contributed by atoms with E-state index in [4.69, 9.17) is 0 Å². The van der Waals surface area contributed by atoms with E-state index >= 15 is 0 Å². The van der Waals surface area contributed by atoms with Gasteiger partial charge in [-0.2, -0.15) is 0 Å². The molecule has 0 N–H and O–H groups in total. The molecule has 2 unspecified atom stereocenters. The SMILES string of the molecule is CC1C(=O)N(C(C)C)C(=O)C1C1CCC1. The third-order valence-corrected chi connectivity index (χ3v) is 3.86. The minimum absolute atomic E-state index is 0.0116. The summed E-state index contributed by atoms with van der Waals surface area (Å²) in [5.74, 6) is 0.471. The molecule has 2 amide bonds. The van der Waals surface area contributed by atoms with Crippen molar-refractivity contribution in [2.24, 2.45) is 17.8 Å². The molecule has 3 heteroatoms. The van der Waals surface area contributed by atoms with Gasteiger partial charge in [0.1, 0.15) is 0 Å². The summed E-state index contributed by atoms with van der Waals surface area (Å²) in [5.41, 5.74) is 0. The third-order valence-electron chi connectivity index (χ3n) is 3.86. The summed E-state index contributed by atoms with van der Waals surface area (Å²) in [6.45, 7) is 5.73. The normalized spacial score (nSPS) is 32.7. The number of carbonyl (C=O) groups excluding carboxylic acids is 2. The summed E-state index contributed by atoms with van der Waals surface area (Å²) < 4.78 is 0. The quantitative estimate of drug-likeness (QED) is 0.650. The molecule has 0 aromatic carbocycles. The molecule has 0 aromatic heterocycles. The van der Waals surface area contributed by atoms with Gasteiger partial charge in [-0.3, -0.25) is 14.5 Å². The summed E-state index contributed by atoms with van der Waals surface area (Å²) in [7, 11) is 0. The Morgan fingerprint density at radius 2 is 1.80 bits per heavy atom. The van der Waals surface area contributed by atoms with E-state index in [0.717, 1.165) is 12.8 Å². The van der Waals surface area contributed by atoms with E-state index < -0.39 is 0 Å². The van der Waals surface area contributed by atoms with Gasteiger partial charge in [-0.15, -0.1) is 0 Å².